The molecule has 0 amide bonds. The Hall–Kier alpha value is -3.54. The van der Waals surface area contributed by atoms with Gasteiger partial charge in [-0.1, -0.05) is 75.1 Å². The zero-order chi connectivity index (χ0) is 50.9. The highest BCUT2D eigenvalue weighted by Gasteiger charge is 2.57. The van der Waals surface area contributed by atoms with E-state index in [1.807, 2.05) is 36.4 Å². The van der Waals surface area contributed by atoms with Gasteiger partial charge in [-0.05, 0) is 118 Å². The van der Waals surface area contributed by atoms with Crippen molar-refractivity contribution >= 4 is 22.7 Å². The van der Waals surface area contributed by atoms with E-state index < -0.39 is 29.4 Å². The fraction of sp³-hybridized carbons (Fsp3) is 0.700. The molecule has 22 unspecified atom stereocenters. The summed E-state index contributed by atoms with van der Waals surface area (Å²) in [4.78, 5) is 25.3. The van der Waals surface area contributed by atoms with Crippen molar-refractivity contribution in [2.75, 3.05) is 6.61 Å². The van der Waals surface area contributed by atoms with E-state index in [1.54, 1.807) is 6.07 Å². The van der Waals surface area contributed by atoms with Crippen LogP contribution in [0.5, 0.6) is 0 Å². The number of benzene rings is 2. The number of ether oxygens (including phenoxy) is 11. The molecular weight excluding hydrogens is 945 g/mol. The first-order valence-electron chi connectivity index (χ1n) is 28.2. The first kappa shape index (κ1) is 51.2. The van der Waals surface area contributed by atoms with Crippen molar-refractivity contribution in [2.24, 2.45) is 11.8 Å². The van der Waals surface area contributed by atoms with Gasteiger partial charge in [0, 0.05) is 25.7 Å². The van der Waals surface area contributed by atoms with Gasteiger partial charge in [-0.3, -0.25) is 4.79 Å². The van der Waals surface area contributed by atoms with Crippen molar-refractivity contribution in [2.45, 2.75) is 245 Å². The zero-order valence-electron chi connectivity index (χ0n) is 43.7. The van der Waals surface area contributed by atoms with Gasteiger partial charge in [0.25, 0.3) is 0 Å². The zero-order valence-corrected chi connectivity index (χ0v) is 43.7. The van der Waals surface area contributed by atoms with E-state index in [-0.39, 0.29) is 123 Å². The van der Waals surface area contributed by atoms with Gasteiger partial charge < -0.3 is 57.2 Å². The van der Waals surface area contributed by atoms with Gasteiger partial charge in [-0.2, -0.15) is 0 Å². The Morgan fingerprint density at radius 1 is 0.676 bits per heavy atom. The fourth-order valence-corrected chi connectivity index (χ4v) is 14.8. The Labute approximate surface area is 436 Å². The molecule has 0 bridgehead atoms. The smallest absolute Gasteiger partial charge is 0.338 e. The minimum absolute atomic E-state index is 0.0717. The summed E-state index contributed by atoms with van der Waals surface area (Å²) in [6.45, 7) is 13.2. The molecule has 14 heteroatoms. The number of aliphatic hydroxyl groups excluding tert-OH is 1. The summed E-state index contributed by atoms with van der Waals surface area (Å²) in [6, 6.07) is 13.5. The highest BCUT2D eigenvalue weighted by molar-refractivity contribution is 5.95. The van der Waals surface area contributed by atoms with Gasteiger partial charge in [0.1, 0.15) is 31.0 Å². The molecule has 0 aliphatic carbocycles. The maximum atomic E-state index is 13.0. The van der Waals surface area contributed by atoms with E-state index in [0.29, 0.717) is 50.0 Å². The predicted molar refractivity (Wildman–Crippen MR) is 272 cm³/mol. The molecule has 0 radical (unpaired) electrons. The minimum Gasteiger partial charge on any atom is -0.459 e. The van der Waals surface area contributed by atoms with E-state index in [4.69, 9.17) is 52.1 Å². The first-order valence-corrected chi connectivity index (χ1v) is 28.2. The molecular formula is C60H78O14. The van der Waals surface area contributed by atoms with Gasteiger partial charge >= 0.3 is 11.9 Å². The van der Waals surface area contributed by atoms with Crippen molar-refractivity contribution in [1.82, 2.24) is 0 Å². The third kappa shape index (κ3) is 10.5. The molecule has 10 aliphatic heterocycles. The van der Waals surface area contributed by atoms with E-state index in [2.05, 4.69) is 58.6 Å². The standard InChI is InChI=1S/C60H78O14/c1-33-23-46-49(29-55(62)70-46)69-54-28-48-50(74-59(54,4)30-33)24-35(3)56-45(67-48)15-9-8-14-41-42(71-56)16-10-18-44-43(66-41)17-11-19-53-60(5,73-44)31-52-47(68-53)27-51-57(72-52)40(61)26-39(65-51)22-34(2)32-64-58(63)38-21-20-36-12-6-7-13-37(36)25-38/h6-10,12-13,18,20-21,25,33,35,39-54,56-57,61H,2,11,14-17,19,22-24,26-32H2,1,3-5H3. The topological polar surface area (TPSA) is 156 Å². The maximum absolute atomic E-state index is 13.0. The lowest BCUT2D eigenvalue weighted by Crippen LogP contribution is -2.65. The normalized spacial score (nSPS) is 46.1. The summed E-state index contributed by atoms with van der Waals surface area (Å²) in [6.07, 6.45) is 14.6. The molecule has 0 aromatic heterocycles. The molecule has 1 N–H and O–H groups in total. The second kappa shape index (κ2) is 21.0. The first-order chi connectivity index (χ1) is 35.7. The molecule has 10 aliphatic rings. The van der Waals surface area contributed by atoms with Crippen LogP contribution in [0.25, 0.3) is 10.8 Å². The summed E-state index contributed by atoms with van der Waals surface area (Å²) in [5.74, 6) is -0.0830. The molecule has 2 aromatic carbocycles. The monoisotopic (exact) mass is 1020 g/mol. The second-order valence-corrected chi connectivity index (χ2v) is 24.3. The van der Waals surface area contributed by atoms with E-state index >= 15 is 0 Å². The average Bonchev–Trinajstić information content (AvgIpc) is 3.67. The molecule has 2 aromatic rings. The number of carbonyl (C=O) groups is 2. The SMILES string of the molecule is C=C(COC(=O)c1ccc2ccccc2c1)CC1CC(O)C2OC3CC4(C)OC5C=CCC6OC7C(C)CC8OC9(C)CC(C)CC%10OC(=O)CC%10OC9CC8OC7CC=CCC6OC5CCCC4OC3CC2O1. The number of carbonyl (C=O) groups excluding carboxylic acids is 2. The number of esters is 2. The van der Waals surface area contributed by atoms with Crippen LogP contribution in [0.2, 0.25) is 0 Å². The number of aliphatic hydroxyl groups is 1. The Balaban J connectivity index is 0.669. The van der Waals surface area contributed by atoms with Crippen molar-refractivity contribution in [3.8, 4) is 0 Å². The van der Waals surface area contributed by atoms with E-state index in [0.717, 1.165) is 67.7 Å². The Kier molecular flexibility index (Phi) is 14.5. The van der Waals surface area contributed by atoms with Crippen LogP contribution in [0.4, 0.5) is 0 Å². The third-order valence-corrected chi connectivity index (χ3v) is 18.4. The lowest BCUT2D eigenvalue weighted by molar-refractivity contribution is -0.316. The number of hydrogen-bond acceptors (Lipinski definition) is 14. The molecule has 74 heavy (non-hydrogen) atoms. The highest BCUT2D eigenvalue weighted by Crippen LogP contribution is 2.49. The molecule has 402 valence electrons. The van der Waals surface area contributed by atoms with Crippen LogP contribution in [-0.4, -0.2) is 145 Å². The minimum atomic E-state index is -0.731. The van der Waals surface area contributed by atoms with Crippen molar-refractivity contribution in [3.63, 3.8) is 0 Å². The fourth-order valence-electron chi connectivity index (χ4n) is 14.8. The predicted octanol–water partition coefficient (Wildman–Crippen LogP) is 8.76. The Morgan fingerprint density at radius 3 is 2.28 bits per heavy atom. The molecule has 8 saturated heterocycles. The quantitative estimate of drug-likeness (QED) is 0.224. The highest BCUT2D eigenvalue weighted by atomic mass is 16.6. The van der Waals surface area contributed by atoms with E-state index in [9.17, 15) is 14.7 Å². The van der Waals surface area contributed by atoms with Crippen molar-refractivity contribution in [3.05, 3.63) is 84.5 Å². The second-order valence-electron chi connectivity index (χ2n) is 24.3. The van der Waals surface area contributed by atoms with Crippen LogP contribution in [0.3, 0.4) is 0 Å². The summed E-state index contributed by atoms with van der Waals surface area (Å²) in [5, 5.41) is 13.6. The summed E-state index contributed by atoms with van der Waals surface area (Å²) >= 11 is 0. The number of hydrogen-bond donors (Lipinski definition) is 1. The number of fused-ring (bicyclic) bond motifs is 10. The molecule has 22 atom stereocenters. The summed E-state index contributed by atoms with van der Waals surface area (Å²) < 4.78 is 74.5. The largest absolute Gasteiger partial charge is 0.459 e. The van der Waals surface area contributed by atoms with Crippen LogP contribution in [0, 0.1) is 11.8 Å². The molecule has 0 spiro atoms. The van der Waals surface area contributed by atoms with Gasteiger partial charge in [0.05, 0.1) is 109 Å². The van der Waals surface area contributed by atoms with Crippen LogP contribution >= 0.6 is 0 Å². The molecule has 0 saturated carbocycles. The van der Waals surface area contributed by atoms with E-state index in [1.165, 1.54) is 0 Å². The lowest BCUT2D eigenvalue weighted by Gasteiger charge is -2.55. The Morgan fingerprint density at radius 2 is 1.42 bits per heavy atom. The third-order valence-electron chi connectivity index (χ3n) is 18.4. The van der Waals surface area contributed by atoms with Crippen LogP contribution < -0.4 is 0 Å². The van der Waals surface area contributed by atoms with Gasteiger partial charge in [-0.15, -0.1) is 0 Å². The molecule has 10 heterocycles. The average molecular weight is 1020 g/mol. The Bertz CT molecular complexity index is 2440. The van der Waals surface area contributed by atoms with Gasteiger partial charge in [0.2, 0.25) is 0 Å². The molecule has 8 fully saturated rings. The molecule has 12 rings (SSSR count). The lowest BCUT2D eigenvalue weighted by atomic mass is 9.78. The van der Waals surface area contributed by atoms with Gasteiger partial charge in [0.15, 0.2) is 0 Å². The number of rotatable bonds is 5. The van der Waals surface area contributed by atoms with Crippen LogP contribution in [-0.2, 0) is 56.9 Å². The summed E-state index contributed by atoms with van der Waals surface area (Å²) in [5.41, 5.74) is 0.0785. The van der Waals surface area contributed by atoms with Crippen molar-refractivity contribution in [1.29, 1.82) is 0 Å². The maximum Gasteiger partial charge on any atom is 0.338 e. The summed E-state index contributed by atoms with van der Waals surface area (Å²) in [7, 11) is 0. The molecule has 14 nitrogen and oxygen atoms in total. The van der Waals surface area contributed by atoms with Gasteiger partial charge in [-0.25, -0.2) is 4.79 Å². The van der Waals surface area contributed by atoms with Crippen LogP contribution in [0.15, 0.2) is 78.9 Å². The van der Waals surface area contributed by atoms with Crippen LogP contribution in [0.1, 0.15) is 134 Å². The van der Waals surface area contributed by atoms with Crippen molar-refractivity contribution < 1.29 is 66.8 Å².